The van der Waals surface area contributed by atoms with Gasteiger partial charge in [-0.3, -0.25) is 37.3 Å². The lowest BCUT2D eigenvalue weighted by molar-refractivity contribution is -0.161. The molecular formula is C94H184O17P2. The highest BCUT2D eigenvalue weighted by Crippen LogP contribution is 2.45. The third-order valence-corrected chi connectivity index (χ3v) is 24.1. The fraction of sp³-hybridized carbons (Fsp3) is 0.957. The quantitative estimate of drug-likeness (QED) is 0.0222. The second-order valence-electron chi connectivity index (χ2n) is 34.7. The number of aliphatic hydroxyl groups is 1. The average Bonchev–Trinajstić information content (AvgIpc) is 0.756. The fourth-order valence-electron chi connectivity index (χ4n) is 14.8. The number of esters is 4. The molecule has 0 fully saturated rings. The van der Waals surface area contributed by atoms with Gasteiger partial charge in [-0.15, -0.1) is 0 Å². The maximum Gasteiger partial charge on any atom is 0.472 e. The zero-order valence-corrected chi connectivity index (χ0v) is 76.5. The van der Waals surface area contributed by atoms with Crippen LogP contribution in [0.1, 0.15) is 510 Å². The fourth-order valence-corrected chi connectivity index (χ4v) is 16.4. The van der Waals surface area contributed by atoms with Crippen LogP contribution in [0.4, 0.5) is 0 Å². The van der Waals surface area contributed by atoms with Crippen LogP contribution in [0.2, 0.25) is 0 Å². The highest BCUT2D eigenvalue weighted by molar-refractivity contribution is 7.47. The van der Waals surface area contributed by atoms with Gasteiger partial charge in [-0.2, -0.15) is 0 Å². The Morgan fingerprint density at radius 3 is 0.602 bits per heavy atom. The monoisotopic (exact) mass is 1650 g/mol. The zero-order chi connectivity index (χ0) is 82.7. The first-order valence-electron chi connectivity index (χ1n) is 48.5. The van der Waals surface area contributed by atoms with Crippen molar-refractivity contribution in [3.05, 3.63) is 0 Å². The number of unbranched alkanes of at least 4 members (excludes halogenated alkanes) is 63. The minimum Gasteiger partial charge on any atom is -0.462 e. The summed E-state index contributed by atoms with van der Waals surface area (Å²) in [6, 6.07) is 0. The number of phosphoric acid groups is 2. The van der Waals surface area contributed by atoms with E-state index in [1.54, 1.807) is 0 Å². The standard InChI is InChI=1S/C94H184O17P2/c1-7-9-11-13-15-17-19-20-21-22-23-24-25-26-31-37-42-48-54-60-66-72-78-94(99)111-90(83-105-92(97)77-71-65-59-53-47-41-36-30-28-27-29-34-39-45-50-56-62-68-74-86(3)4)85-109-113(102,103)107-81-88(95)80-106-112(100,101)108-84-89(82-104-91(96)76-70-64-58-52-44-18-16-14-12-10-8-2)110-93(98)79-73-67-61-55-49-43-38-33-32-35-40-46-51-57-63-69-75-87(5)6/h86-90,95H,7-85H2,1-6H3,(H,100,101)(H,102,103)/t88-,89+,90+/m0/s1. The van der Waals surface area contributed by atoms with Gasteiger partial charge in [-0.05, 0) is 37.5 Å². The Kier molecular flexibility index (Phi) is 83.6. The smallest absolute Gasteiger partial charge is 0.462 e. The molecule has 0 aliphatic heterocycles. The van der Waals surface area contributed by atoms with Crippen LogP contribution in [0, 0.1) is 11.8 Å². The summed E-state index contributed by atoms with van der Waals surface area (Å²) >= 11 is 0. The van der Waals surface area contributed by atoms with E-state index in [1.807, 2.05) is 0 Å². The van der Waals surface area contributed by atoms with Crippen LogP contribution in [0.15, 0.2) is 0 Å². The third-order valence-electron chi connectivity index (χ3n) is 22.2. The molecule has 5 atom stereocenters. The van der Waals surface area contributed by atoms with Gasteiger partial charge in [0.15, 0.2) is 12.2 Å². The summed E-state index contributed by atoms with van der Waals surface area (Å²) in [5, 5.41) is 10.7. The van der Waals surface area contributed by atoms with E-state index in [-0.39, 0.29) is 25.7 Å². The largest absolute Gasteiger partial charge is 0.472 e. The van der Waals surface area contributed by atoms with Crippen molar-refractivity contribution in [2.24, 2.45) is 11.8 Å². The SMILES string of the molecule is CCCCCCCCCCCCCCCCCCCCCCCCC(=O)O[C@H](COC(=O)CCCCCCCCCCCCCCCCCCCCC(C)C)COP(=O)(O)OC[C@@H](O)COP(=O)(O)OC[C@@H](COC(=O)CCCCCCCCCCCCC)OC(=O)CCCCCCCCCCCCCCCCCCC(C)C. The Hall–Kier alpha value is -1.94. The highest BCUT2D eigenvalue weighted by atomic mass is 31.2. The molecule has 0 amide bonds. The molecule has 0 radical (unpaired) electrons. The molecular weight excluding hydrogens is 1460 g/mol. The molecule has 0 aliphatic carbocycles. The number of aliphatic hydroxyl groups excluding tert-OH is 1. The van der Waals surface area contributed by atoms with Gasteiger partial charge in [0.1, 0.15) is 19.3 Å². The molecule has 0 saturated heterocycles. The Morgan fingerprint density at radius 2 is 0.407 bits per heavy atom. The van der Waals surface area contributed by atoms with Crippen molar-refractivity contribution in [1.82, 2.24) is 0 Å². The normalized spacial score (nSPS) is 13.7. The van der Waals surface area contributed by atoms with Gasteiger partial charge in [0.05, 0.1) is 26.4 Å². The summed E-state index contributed by atoms with van der Waals surface area (Å²) in [5.41, 5.74) is 0. The second kappa shape index (κ2) is 85.1. The number of hydrogen-bond acceptors (Lipinski definition) is 15. The van der Waals surface area contributed by atoms with E-state index >= 15 is 0 Å². The summed E-state index contributed by atoms with van der Waals surface area (Å²) in [6.45, 7) is 9.78. The molecule has 17 nitrogen and oxygen atoms in total. The molecule has 2 unspecified atom stereocenters. The van der Waals surface area contributed by atoms with E-state index in [0.29, 0.717) is 25.7 Å². The number of hydrogen-bond donors (Lipinski definition) is 3. The van der Waals surface area contributed by atoms with Crippen molar-refractivity contribution < 1.29 is 80.2 Å². The lowest BCUT2D eigenvalue weighted by atomic mass is 10.0. The highest BCUT2D eigenvalue weighted by Gasteiger charge is 2.31. The summed E-state index contributed by atoms with van der Waals surface area (Å²) in [5.74, 6) is -0.460. The topological polar surface area (TPSA) is 237 Å². The van der Waals surface area contributed by atoms with Crippen molar-refractivity contribution in [3.63, 3.8) is 0 Å². The average molecular weight is 1650 g/mol. The second-order valence-corrected chi connectivity index (χ2v) is 37.6. The molecule has 0 aliphatic rings. The molecule has 0 rings (SSSR count). The van der Waals surface area contributed by atoms with E-state index in [4.69, 9.17) is 37.0 Å². The molecule has 113 heavy (non-hydrogen) atoms. The maximum absolute atomic E-state index is 13.2. The first kappa shape index (κ1) is 111. The van der Waals surface area contributed by atoms with E-state index in [9.17, 15) is 43.2 Å². The first-order chi connectivity index (χ1) is 54.9. The van der Waals surface area contributed by atoms with Gasteiger partial charge in [0.25, 0.3) is 0 Å². The Bertz CT molecular complexity index is 2150. The van der Waals surface area contributed by atoms with Crippen molar-refractivity contribution in [1.29, 1.82) is 0 Å². The van der Waals surface area contributed by atoms with E-state index in [0.717, 1.165) is 102 Å². The van der Waals surface area contributed by atoms with Crippen LogP contribution in [0.3, 0.4) is 0 Å². The third kappa shape index (κ3) is 87.7. The molecule has 0 bridgehead atoms. The van der Waals surface area contributed by atoms with E-state index in [2.05, 4.69) is 41.5 Å². The molecule has 0 heterocycles. The number of rotatable bonds is 93. The minimum atomic E-state index is -4.97. The van der Waals surface area contributed by atoms with E-state index < -0.39 is 97.5 Å². The Balaban J connectivity index is 5.22. The van der Waals surface area contributed by atoms with Gasteiger partial charge in [-0.1, -0.05) is 459 Å². The van der Waals surface area contributed by atoms with Gasteiger partial charge in [0, 0.05) is 25.7 Å². The zero-order valence-electron chi connectivity index (χ0n) is 74.7. The summed E-state index contributed by atoms with van der Waals surface area (Å²) < 4.78 is 69.1. The van der Waals surface area contributed by atoms with Crippen molar-refractivity contribution >= 4 is 39.5 Å². The number of carbonyl (C=O) groups excluding carboxylic acids is 4. The van der Waals surface area contributed by atoms with Crippen LogP contribution in [-0.2, 0) is 65.4 Å². The van der Waals surface area contributed by atoms with Gasteiger partial charge < -0.3 is 33.8 Å². The van der Waals surface area contributed by atoms with Gasteiger partial charge in [0.2, 0.25) is 0 Å². The summed E-state index contributed by atoms with van der Waals surface area (Å²) in [7, 11) is -9.94. The molecule has 0 aromatic heterocycles. The lowest BCUT2D eigenvalue weighted by Gasteiger charge is -2.21. The molecule has 672 valence electrons. The summed E-state index contributed by atoms with van der Waals surface area (Å²) in [6.07, 6.45) is 80.7. The maximum atomic E-state index is 13.2. The number of phosphoric ester groups is 2. The molecule has 0 spiro atoms. The lowest BCUT2D eigenvalue weighted by Crippen LogP contribution is -2.30. The molecule has 3 N–H and O–H groups in total. The van der Waals surface area contributed by atoms with Crippen LogP contribution in [0.25, 0.3) is 0 Å². The first-order valence-corrected chi connectivity index (χ1v) is 51.5. The molecule has 0 saturated carbocycles. The van der Waals surface area contributed by atoms with Crippen LogP contribution in [-0.4, -0.2) is 96.7 Å². The number of carbonyl (C=O) groups is 4. The van der Waals surface area contributed by atoms with Crippen LogP contribution < -0.4 is 0 Å². The summed E-state index contributed by atoms with van der Waals surface area (Å²) in [4.78, 5) is 73.5. The van der Waals surface area contributed by atoms with Gasteiger partial charge >= 0.3 is 39.5 Å². The van der Waals surface area contributed by atoms with Crippen molar-refractivity contribution in [2.75, 3.05) is 39.6 Å². The number of ether oxygens (including phenoxy) is 4. The van der Waals surface area contributed by atoms with Gasteiger partial charge in [-0.25, -0.2) is 9.13 Å². The Labute approximate surface area is 696 Å². The minimum absolute atomic E-state index is 0.109. The van der Waals surface area contributed by atoms with Crippen molar-refractivity contribution in [3.8, 4) is 0 Å². The Morgan fingerprint density at radius 1 is 0.239 bits per heavy atom. The van der Waals surface area contributed by atoms with Crippen LogP contribution >= 0.6 is 15.6 Å². The van der Waals surface area contributed by atoms with Crippen molar-refractivity contribution in [2.45, 2.75) is 529 Å². The molecule has 0 aromatic rings. The van der Waals surface area contributed by atoms with E-state index in [1.165, 1.54) is 327 Å². The van der Waals surface area contributed by atoms with Crippen LogP contribution in [0.5, 0.6) is 0 Å². The molecule has 0 aromatic carbocycles. The predicted molar refractivity (Wildman–Crippen MR) is 469 cm³/mol. The predicted octanol–water partition coefficient (Wildman–Crippen LogP) is 29.4. The molecule has 19 heteroatoms.